The van der Waals surface area contributed by atoms with Gasteiger partial charge in [0, 0.05) is 51.2 Å². The fourth-order valence-corrected chi connectivity index (χ4v) is 7.55. The topological polar surface area (TPSA) is 60.9 Å². The predicted octanol–water partition coefficient (Wildman–Crippen LogP) is 3.09. The van der Waals surface area contributed by atoms with Crippen LogP contribution in [0, 0.1) is 17.2 Å². The zero-order valence-corrected chi connectivity index (χ0v) is 19.5. The summed E-state index contributed by atoms with van der Waals surface area (Å²) in [6.45, 7) is 4.71. The molecule has 2 saturated heterocycles. The number of halogens is 1. The van der Waals surface area contributed by atoms with E-state index in [4.69, 9.17) is 0 Å². The first-order valence-electron chi connectivity index (χ1n) is 12.1. The van der Waals surface area contributed by atoms with Crippen molar-refractivity contribution in [1.29, 1.82) is 0 Å². The highest BCUT2D eigenvalue weighted by Gasteiger charge is 2.50. The minimum Gasteiger partial charge on any atom is -0.341 e. The second-order valence-corrected chi connectivity index (χ2v) is 12.2. The van der Waals surface area contributed by atoms with Gasteiger partial charge >= 0.3 is 0 Å². The van der Waals surface area contributed by atoms with Crippen LogP contribution >= 0.6 is 0 Å². The molecule has 0 bridgehead atoms. The largest absolute Gasteiger partial charge is 0.341 e. The van der Waals surface area contributed by atoms with Crippen LogP contribution in [0.5, 0.6) is 0 Å². The van der Waals surface area contributed by atoms with Crippen molar-refractivity contribution in [2.75, 3.05) is 39.3 Å². The number of amides is 1. The molecule has 1 aromatic rings. The summed E-state index contributed by atoms with van der Waals surface area (Å²) in [6, 6.07) is 5.97. The molecule has 1 spiro atoms. The van der Waals surface area contributed by atoms with Crippen molar-refractivity contribution in [1.82, 2.24) is 14.1 Å². The van der Waals surface area contributed by atoms with E-state index in [1.807, 2.05) is 0 Å². The number of piperidine rings is 1. The number of rotatable bonds is 4. The number of hydrogen-bond acceptors (Lipinski definition) is 4. The molecule has 2 saturated carbocycles. The van der Waals surface area contributed by atoms with E-state index in [1.54, 1.807) is 0 Å². The molecule has 2 aliphatic carbocycles. The lowest BCUT2D eigenvalue weighted by Gasteiger charge is -2.52. The van der Waals surface area contributed by atoms with Crippen molar-refractivity contribution < 1.29 is 17.6 Å². The number of benzene rings is 1. The van der Waals surface area contributed by atoms with Gasteiger partial charge < -0.3 is 4.90 Å². The Morgan fingerprint density at radius 2 is 1.72 bits per heavy atom. The molecular weight excluding hydrogens is 429 g/mol. The number of hydrogen-bond donors (Lipinski definition) is 0. The van der Waals surface area contributed by atoms with Gasteiger partial charge in [0.15, 0.2) is 0 Å². The third-order valence-electron chi connectivity index (χ3n) is 8.36. The van der Waals surface area contributed by atoms with Crippen molar-refractivity contribution in [2.24, 2.45) is 11.3 Å². The molecule has 1 aromatic carbocycles. The molecule has 2 aliphatic heterocycles. The zero-order chi connectivity index (χ0) is 22.3. The molecule has 0 N–H and O–H groups in total. The van der Waals surface area contributed by atoms with Gasteiger partial charge in [0.1, 0.15) is 5.82 Å². The molecule has 0 radical (unpaired) electrons. The summed E-state index contributed by atoms with van der Waals surface area (Å²) in [5.74, 6) is -0.137. The summed E-state index contributed by atoms with van der Waals surface area (Å²) in [4.78, 5) is 17.8. The van der Waals surface area contributed by atoms with Gasteiger partial charge in [-0.1, -0.05) is 12.5 Å². The van der Waals surface area contributed by atoms with Crippen LogP contribution in [-0.2, 0) is 14.8 Å². The van der Waals surface area contributed by atoms with Crippen molar-refractivity contribution in [3.05, 3.63) is 30.1 Å². The van der Waals surface area contributed by atoms with E-state index >= 15 is 0 Å². The fourth-order valence-electron chi connectivity index (χ4n) is 6.08. The Balaban J connectivity index is 1.13. The van der Waals surface area contributed by atoms with Crippen LogP contribution in [0.1, 0.15) is 51.4 Å². The van der Waals surface area contributed by atoms with Crippen molar-refractivity contribution in [3.8, 4) is 0 Å². The van der Waals surface area contributed by atoms with Crippen LogP contribution < -0.4 is 0 Å². The van der Waals surface area contributed by atoms with Crippen LogP contribution in [0.2, 0.25) is 0 Å². The maximum atomic E-state index is 13.5. The molecule has 6 nitrogen and oxygen atoms in total. The Hall–Kier alpha value is -1.51. The molecule has 2 heterocycles. The molecule has 176 valence electrons. The second kappa shape index (κ2) is 8.69. The molecule has 4 fully saturated rings. The van der Waals surface area contributed by atoms with Crippen LogP contribution in [0.15, 0.2) is 29.2 Å². The van der Waals surface area contributed by atoms with E-state index in [0.29, 0.717) is 19.0 Å². The average molecular weight is 464 g/mol. The number of carbonyl (C=O) groups is 1. The smallest absolute Gasteiger partial charge is 0.243 e. The van der Waals surface area contributed by atoms with Gasteiger partial charge in [-0.05, 0) is 68.6 Å². The number of nitrogens with zero attached hydrogens (tertiary/aromatic N) is 3. The lowest BCUT2D eigenvalue weighted by atomic mass is 9.57. The highest BCUT2D eigenvalue weighted by atomic mass is 32.2. The third-order valence-corrected chi connectivity index (χ3v) is 10.3. The summed E-state index contributed by atoms with van der Waals surface area (Å²) in [5.41, 5.74) is 0.0953. The fraction of sp³-hybridized carbons (Fsp3) is 0.708. The van der Waals surface area contributed by atoms with Crippen molar-refractivity contribution in [3.63, 3.8) is 0 Å². The molecule has 5 rings (SSSR count). The average Bonchev–Trinajstić information content (AvgIpc) is 2.96. The Labute approximate surface area is 190 Å². The quantitative estimate of drug-likeness (QED) is 0.689. The maximum Gasteiger partial charge on any atom is 0.243 e. The van der Waals surface area contributed by atoms with Gasteiger partial charge in [0.2, 0.25) is 15.9 Å². The summed E-state index contributed by atoms with van der Waals surface area (Å²) < 4.78 is 40.7. The van der Waals surface area contributed by atoms with E-state index in [2.05, 4.69) is 9.80 Å². The first-order valence-corrected chi connectivity index (χ1v) is 13.6. The van der Waals surface area contributed by atoms with E-state index in [9.17, 15) is 17.6 Å². The predicted molar refractivity (Wildman–Crippen MR) is 120 cm³/mol. The maximum absolute atomic E-state index is 13.5. The van der Waals surface area contributed by atoms with Crippen molar-refractivity contribution >= 4 is 15.9 Å². The van der Waals surface area contributed by atoms with Gasteiger partial charge in [0.25, 0.3) is 0 Å². The number of carbonyl (C=O) groups excluding carboxylic acids is 1. The van der Waals surface area contributed by atoms with E-state index < -0.39 is 15.8 Å². The minimum atomic E-state index is -3.67. The Kier molecular flexibility index (Phi) is 6.05. The molecular formula is C24H34FN3O3S. The van der Waals surface area contributed by atoms with Crippen molar-refractivity contribution in [2.45, 2.75) is 62.3 Å². The normalized spacial score (nSPS) is 25.8. The lowest BCUT2D eigenvalue weighted by Crippen LogP contribution is -2.53. The Morgan fingerprint density at radius 1 is 0.969 bits per heavy atom. The summed E-state index contributed by atoms with van der Waals surface area (Å²) in [7, 11) is -3.67. The SMILES string of the molecule is O=C(C1CC2(CCN(S(=O)(=O)c3cccc(F)c3)CC2)C1)N1CCCN(C2CCC2)CC1. The Morgan fingerprint density at radius 3 is 2.38 bits per heavy atom. The highest BCUT2D eigenvalue weighted by Crippen LogP contribution is 2.53. The standard InChI is InChI=1S/C24H34FN3O3S/c25-20-4-1-7-22(16-20)32(30,31)28-12-8-24(9-13-28)17-19(18-24)23(29)27-11-3-10-26(14-15-27)21-5-2-6-21/h1,4,7,16,19,21H,2-3,5-6,8-15,17-18H2. The second-order valence-electron chi connectivity index (χ2n) is 10.3. The summed E-state index contributed by atoms with van der Waals surface area (Å²) >= 11 is 0. The van der Waals surface area contributed by atoms with Gasteiger partial charge in [-0.3, -0.25) is 9.69 Å². The third kappa shape index (κ3) is 4.21. The van der Waals surface area contributed by atoms with Crippen LogP contribution in [-0.4, -0.2) is 73.7 Å². The Bertz CT molecular complexity index is 949. The molecule has 4 aliphatic rings. The summed E-state index contributed by atoms with van der Waals surface area (Å²) in [6.07, 6.45) is 8.34. The van der Waals surface area contributed by atoms with E-state index in [0.717, 1.165) is 70.4 Å². The van der Waals surface area contributed by atoms with Crippen LogP contribution in [0.4, 0.5) is 4.39 Å². The molecule has 8 heteroatoms. The first kappa shape index (κ1) is 22.3. The van der Waals surface area contributed by atoms with Crippen LogP contribution in [0.3, 0.4) is 0 Å². The monoisotopic (exact) mass is 463 g/mol. The minimum absolute atomic E-state index is 0.0206. The molecule has 1 amide bonds. The van der Waals surface area contributed by atoms with Gasteiger partial charge in [-0.2, -0.15) is 4.31 Å². The van der Waals surface area contributed by atoms with Gasteiger partial charge in [-0.25, -0.2) is 12.8 Å². The lowest BCUT2D eigenvalue weighted by molar-refractivity contribution is -0.145. The zero-order valence-electron chi connectivity index (χ0n) is 18.7. The number of sulfonamides is 1. The molecule has 0 aromatic heterocycles. The molecule has 32 heavy (non-hydrogen) atoms. The van der Waals surface area contributed by atoms with Crippen LogP contribution in [0.25, 0.3) is 0 Å². The summed E-state index contributed by atoms with van der Waals surface area (Å²) in [5, 5.41) is 0. The van der Waals surface area contributed by atoms with Gasteiger partial charge in [0.05, 0.1) is 4.90 Å². The molecule has 0 unspecified atom stereocenters. The van der Waals surface area contributed by atoms with E-state index in [1.165, 1.54) is 41.8 Å². The first-order chi connectivity index (χ1) is 15.4. The van der Waals surface area contributed by atoms with Gasteiger partial charge in [-0.15, -0.1) is 0 Å². The highest BCUT2D eigenvalue weighted by molar-refractivity contribution is 7.89. The van der Waals surface area contributed by atoms with E-state index in [-0.39, 0.29) is 16.2 Å². The molecule has 0 atom stereocenters.